The summed E-state index contributed by atoms with van der Waals surface area (Å²) in [5.74, 6) is 0. The van der Waals surface area contributed by atoms with Crippen LogP contribution in [0.15, 0.2) is 18.2 Å². The minimum Gasteiger partial charge on any atom is -0.397 e. The maximum absolute atomic E-state index is 8.78. The van der Waals surface area contributed by atoms with Gasteiger partial charge in [0.25, 0.3) is 0 Å². The van der Waals surface area contributed by atoms with Gasteiger partial charge in [0.15, 0.2) is 0 Å². The summed E-state index contributed by atoms with van der Waals surface area (Å²) in [5.41, 5.74) is 9.18. The van der Waals surface area contributed by atoms with Crippen LogP contribution in [0.1, 0.15) is 25.3 Å². The molecule has 0 saturated carbocycles. The Morgan fingerprint density at radius 2 is 2.06 bits per heavy atom. The summed E-state index contributed by atoms with van der Waals surface area (Å²) in [4.78, 5) is 2.26. The molecule has 1 aromatic rings. The summed E-state index contributed by atoms with van der Waals surface area (Å²) in [5, 5.41) is 8.78. The second kappa shape index (κ2) is 6.38. The first-order chi connectivity index (χ1) is 7.70. The Morgan fingerprint density at radius 1 is 1.31 bits per heavy atom. The number of aliphatic hydroxyl groups excluding tert-OH is 1. The van der Waals surface area contributed by atoms with Crippen molar-refractivity contribution in [3.8, 4) is 0 Å². The Balaban J connectivity index is 2.74. The predicted octanol–water partition coefficient (Wildman–Crippen LogP) is 2.18. The van der Waals surface area contributed by atoms with Crippen LogP contribution in [0, 0.1) is 6.92 Å². The van der Waals surface area contributed by atoms with Crippen molar-refractivity contribution in [2.45, 2.75) is 26.7 Å². The number of benzene rings is 1. The number of nitrogens with zero attached hydrogens (tertiary/aromatic N) is 1. The molecule has 0 unspecified atom stereocenters. The number of nitrogen functional groups attached to an aromatic ring is 1. The zero-order valence-electron chi connectivity index (χ0n) is 10.2. The third-order valence-corrected chi connectivity index (χ3v) is 2.86. The molecule has 3 heteroatoms. The smallest absolute Gasteiger partial charge is 0.0602 e. The molecule has 0 saturated heterocycles. The minimum atomic E-state index is 0.265. The lowest BCUT2D eigenvalue weighted by Crippen LogP contribution is -2.25. The van der Waals surface area contributed by atoms with E-state index in [0.29, 0.717) is 0 Å². The van der Waals surface area contributed by atoms with Crippen LogP contribution in [-0.4, -0.2) is 24.8 Å². The summed E-state index contributed by atoms with van der Waals surface area (Å²) in [6.07, 6.45) is 1.85. The van der Waals surface area contributed by atoms with Crippen molar-refractivity contribution in [2.24, 2.45) is 0 Å². The second-order valence-electron chi connectivity index (χ2n) is 4.02. The normalized spacial score (nSPS) is 10.4. The Labute approximate surface area is 97.9 Å². The average Bonchev–Trinajstić information content (AvgIpc) is 2.29. The standard InChI is InChI=1S/C13H22N2O/c1-3-15(9-4-5-10-16)12-8-6-7-11(2)13(12)14/h6-8,16H,3-5,9-10,14H2,1-2H3. The van der Waals surface area contributed by atoms with Crippen molar-refractivity contribution < 1.29 is 5.11 Å². The van der Waals surface area contributed by atoms with Crippen molar-refractivity contribution in [3.05, 3.63) is 23.8 Å². The van der Waals surface area contributed by atoms with Gasteiger partial charge in [-0.05, 0) is 38.3 Å². The van der Waals surface area contributed by atoms with Crippen LogP contribution in [0.5, 0.6) is 0 Å². The second-order valence-corrected chi connectivity index (χ2v) is 4.02. The monoisotopic (exact) mass is 222 g/mol. The van der Waals surface area contributed by atoms with E-state index in [9.17, 15) is 0 Å². The van der Waals surface area contributed by atoms with Gasteiger partial charge in [0.2, 0.25) is 0 Å². The Bertz CT molecular complexity index is 326. The third-order valence-electron chi connectivity index (χ3n) is 2.86. The molecule has 1 aromatic carbocycles. The van der Waals surface area contributed by atoms with Crippen LogP contribution in [-0.2, 0) is 0 Å². The number of aryl methyl sites for hydroxylation is 1. The van der Waals surface area contributed by atoms with E-state index in [1.54, 1.807) is 0 Å². The minimum absolute atomic E-state index is 0.265. The van der Waals surface area contributed by atoms with E-state index in [4.69, 9.17) is 10.8 Å². The quantitative estimate of drug-likeness (QED) is 0.573. The van der Waals surface area contributed by atoms with Crippen molar-refractivity contribution in [3.63, 3.8) is 0 Å². The van der Waals surface area contributed by atoms with Crippen molar-refractivity contribution in [1.82, 2.24) is 0 Å². The van der Waals surface area contributed by atoms with Crippen LogP contribution in [0.25, 0.3) is 0 Å². The number of aliphatic hydroxyl groups is 1. The van der Waals surface area contributed by atoms with Gasteiger partial charge in [0.05, 0.1) is 11.4 Å². The van der Waals surface area contributed by atoms with Gasteiger partial charge in [-0.2, -0.15) is 0 Å². The molecule has 0 atom stereocenters. The molecular weight excluding hydrogens is 200 g/mol. The number of para-hydroxylation sites is 1. The SMILES string of the molecule is CCN(CCCCO)c1cccc(C)c1N. The summed E-state index contributed by atoms with van der Waals surface area (Å²) >= 11 is 0. The maximum atomic E-state index is 8.78. The molecular formula is C13H22N2O. The lowest BCUT2D eigenvalue weighted by Gasteiger charge is -2.25. The van der Waals surface area contributed by atoms with Gasteiger partial charge in [-0.3, -0.25) is 0 Å². The Hall–Kier alpha value is -1.22. The molecule has 0 bridgehead atoms. The Morgan fingerprint density at radius 3 is 2.69 bits per heavy atom. The van der Waals surface area contributed by atoms with Crippen molar-refractivity contribution in [1.29, 1.82) is 0 Å². The van der Waals surface area contributed by atoms with Gasteiger partial charge >= 0.3 is 0 Å². The molecule has 0 aliphatic heterocycles. The number of hydrogen-bond donors (Lipinski definition) is 2. The van der Waals surface area contributed by atoms with Crippen LogP contribution in [0.2, 0.25) is 0 Å². The molecule has 16 heavy (non-hydrogen) atoms. The summed E-state index contributed by atoms with van der Waals surface area (Å²) in [6, 6.07) is 6.13. The topological polar surface area (TPSA) is 49.5 Å². The number of hydrogen-bond acceptors (Lipinski definition) is 3. The molecule has 0 aliphatic carbocycles. The lowest BCUT2D eigenvalue weighted by atomic mass is 10.1. The molecule has 0 aromatic heterocycles. The summed E-state index contributed by atoms with van der Waals surface area (Å²) in [6.45, 7) is 6.31. The molecule has 0 amide bonds. The van der Waals surface area contributed by atoms with Gasteiger partial charge in [0, 0.05) is 19.7 Å². The first-order valence-corrected chi connectivity index (χ1v) is 5.91. The van der Waals surface area contributed by atoms with Gasteiger partial charge in [0.1, 0.15) is 0 Å². The molecule has 90 valence electrons. The number of nitrogens with two attached hydrogens (primary N) is 1. The molecule has 0 heterocycles. The van der Waals surface area contributed by atoms with Gasteiger partial charge in [-0.1, -0.05) is 12.1 Å². The highest BCUT2D eigenvalue weighted by Crippen LogP contribution is 2.26. The van der Waals surface area contributed by atoms with E-state index in [1.807, 2.05) is 19.1 Å². The van der Waals surface area contributed by atoms with E-state index in [1.165, 1.54) is 0 Å². The molecule has 0 spiro atoms. The van der Waals surface area contributed by atoms with E-state index >= 15 is 0 Å². The van der Waals surface area contributed by atoms with E-state index in [0.717, 1.165) is 42.9 Å². The molecule has 0 fully saturated rings. The number of anilines is 2. The lowest BCUT2D eigenvalue weighted by molar-refractivity contribution is 0.285. The first-order valence-electron chi connectivity index (χ1n) is 5.91. The van der Waals surface area contributed by atoms with Crippen LogP contribution < -0.4 is 10.6 Å². The Kier molecular flexibility index (Phi) is 5.12. The molecule has 0 radical (unpaired) electrons. The predicted molar refractivity (Wildman–Crippen MR) is 69.8 cm³/mol. The zero-order chi connectivity index (χ0) is 12.0. The fourth-order valence-electron chi connectivity index (χ4n) is 1.80. The van der Waals surface area contributed by atoms with Crippen LogP contribution >= 0.6 is 0 Å². The van der Waals surface area contributed by atoms with Crippen LogP contribution in [0.4, 0.5) is 11.4 Å². The van der Waals surface area contributed by atoms with Gasteiger partial charge in [-0.15, -0.1) is 0 Å². The van der Waals surface area contributed by atoms with Crippen molar-refractivity contribution in [2.75, 3.05) is 30.3 Å². The average molecular weight is 222 g/mol. The summed E-state index contributed by atoms with van der Waals surface area (Å²) < 4.78 is 0. The largest absolute Gasteiger partial charge is 0.397 e. The molecule has 1 rings (SSSR count). The third kappa shape index (κ3) is 3.14. The van der Waals surface area contributed by atoms with E-state index < -0.39 is 0 Å². The van der Waals surface area contributed by atoms with Gasteiger partial charge in [-0.25, -0.2) is 0 Å². The number of rotatable bonds is 6. The summed E-state index contributed by atoms with van der Waals surface area (Å²) in [7, 11) is 0. The molecule has 3 nitrogen and oxygen atoms in total. The van der Waals surface area contributed by atoms with E-state index in [-0.39, 0.29) is 6.61 Å². The fraction of sp³-hybridized carbons (Fsp3) is 0.538. The highest BCUT2D eigenvalue weighted by Gasteiger charge is 2.08. The highest BCUT2D eigenvalue weighted by atomic mass is 16.2. The van der Waals surface area contributed by atoms with Crippen LogP contribution in [0.3, 0.4) is 0 Å². The molecule has 3 N–H and O–H groups in total. The maximum Gasteiger partial charge on any atom is 0.0602 e. The number of unbranched alkanes of at least 4 members (excludes halogenated alkanes) is 1. The fourth-order valence-corrected chi connectivity index (χ4v) is 1.80. The molecule has 0 aliphatic rings. The van der Waals surface area contributed by atoms with Gasteiger partial charge < -0.3 is 15.7 Å². The first kappa shape index (κ1) is 12.8. The zero-order valence-corrected chi connectivity index (χ0v) is 10.2. The van der Waals surface area contributed by atoms with Crippen molar-refractivity contribution >= 4 is 11.4 Å². The van der Waals surface area contributed by atoms with E-state index in [2.05, 4.69) is 17.9 Å². The highest BCUT2D eigenvalue weighted by molar-refractivity contribution is 5.70.